The molecule has 0 fully saturated rings. The van der Waals surface area contributed by atoms with Crippen molar-refractivity contribution in [3.63, 3.8) is 0 Å². The molecule has 4 nitrogen and oxygen atoms in total. The molecule has 0 aliphatic carbocycles. The van der Waals surface area contributed by atoms with Gasteiger partial charge in [-0.2, -0.15) is 0 Å². The lowest BCUT2D eigenvalue weighted by Crippen LogP contribution is -2.32. The molecule has 0 saturated carbocycles. The minimum absolute atomic E-state index is 0.368. The molecule has 5 heteroatoms. The predicted molar refractivity (Wildman–Crippen MR) is 77.8 cm³/mol. The van der Waals surface area contributed by atoms with Crippen LogP contribution in [0.1, 0.15) is 18.2 Å². The Kier molecular flexibility index (Phi) is 4.47. The standard InChI is InChI=1S/C15H16ClNO3/c1-9-12(4-3-5-13(9)16)14-7-6-11(20-14)8-17-10(2)15(18)19/h3-7,10,17H,8H2,1-2H3,(H,18,19). The Balaban J connectivity index is 2.13. The van der Waals surface area contributed by atoms with Crippen LogP contribution in [0.2, 0.25) is 5.02 Å². The number of hydrogen-bond acceptors (Lipinski definition) is 3. The summed E-state index contributed by atoms with van der Waals surface area (Å²) in [4.78, 5) is 10.7. The quantitative estimate of drug-likeness (QED) is 0.886. The third-order valence-corrected chi connectivity index (χ3v) is 3.56. The molecule has 2 rings (SSSR count). The molecule has 1 atom stereocenters. The van der Waals surface area contributed by atoms with Crippen molar-refractivity contribution < 1.29 is 14.3 Å². The molecule has 20 heavy (non-hydrogen) atoms. The zero-order chi connectivity index (χ0) is 14.7. The van der Waals surface area contributed by atoms with Crippen LogP contribution in [0.25, 0.3) is 11.3 Å². The molecule has 0 radical (unpaired) electrons. The van der Waals surface area contributed by atoms with E-state index in [0.29, 0.717) is 17.3 Å². The van der Waals surface area contributed by atoms with Crippen LogP contribution in [0.5, 0.6) is 0 Å². The summed E-state index contributed by atoms with van der Waals surface area (Å²) in [6.45, 7) is 3.89. The third kappa shape index (κ3) is 3.21. The molecule has 1 unspecified atom stereocenters. The van der Waals surface area contributed by atoms with Crippen LogP contribution in [0, 0.1) is 6.92 Å². The summed E-state index contributed by atoms with van der Waals surface area (Å²) >= 11 is 6.09. The van der Waals surface area contributed by atoms with Crippen LogP contribution in [0.15, 0.2) is 34.7 Å². The van der Waals surface area contributed by atoms with E-state index in [1.807, 2.05) is 37.3 Å². The van der Waals surface area contributed by atoms with Crippen molar-refractivity contribution in [3.05, 3.63) is 46.7 Å². The van der Waals surface area contributed by atoms with E-state index >= 15 is 0 Å². The van der Waals surface area contributed by atoms with Crippen molar-refractivity contribution in [2.75, 3.05) is 0 Å². The monoisotopic (exact) mass is 293 g/mol. The maximum Gasteiger partial charge on any atom is 0.320 e. The van der Waals surface area contributed by atoms with Crippen molar-refractivity contribution in [3.8, 4) is 11.3 Å². The largest absolute Gasteiger partial charge is 0.480 e. The summed E-state index contributed by atoms with van der Waals surface area (Å²) in [6.07, 6.45) is 0. The lowest BCUT2D eigenvalue weighted by Gasteiger charge is -2.07. The molecular weight excluding hydrogens is 278 g/mol. The number of benzene rings is 1. The van der Waals surface area contributed by atoms with Gasteiger partial charge in [-0.25, -0.2) is 0 Å². The lowest BCUT2D eigenvalue weighted by atomic mass is 10.1. The number of hydrogen-bond donors (Lipinski definition) is 2. The highest BCUT2D eigenvalue weighted by atomic mass is 35.5. The molecule has 1 aromatic carbocycles. The van der Waals surface area contributed by atoms with Crippen LogP contribution >= 0.6 is 11.6 Å². The van der Waals surface area contributed by atoms with Crippen LogP contribution in [0.4, 0.5) is 0 Å². The number of aliphatic carboxylic acids is 1. The van der Waals surface area contributed by atoms with E-state index in [2.05, 4.69) is 5.32 Å². The van der Waals surface area contributed by atoms with Crippen molar-refractivity contribution >= 4 is 17.6 Å². The summed E-state index contributed by atoms with van der Waals surface area (Å²) in [5.41, 5.74) is 1.90. The predicted octanol–water partition coefficient (Wildman–Crippen LogP) is 3.47. The molecule has 1 heterocycles. The van der Waals surface area contributed by atoms with E-state index in [1.54, 1.807) is 6.92 Å². The zero-order valence-electron chi connectivity index (χ0n) is 11.3. The Morgan fingerprint density at radius 3 is 2.85 bits per heavy atom. The molecule has 2 N–H and O–H groups in total. The van der Waals surface area contributed by atoms with E-state index < -0.39 is 12.0 Å². The van der Waals surface area contributed by atoms with Crippen LogP contribution in [-0.4, -0.2) is 17.1 Å². The molecule has 1 aromatic heterocycles. The van der Waals surface area contributed by atoms with Crippen molar-refractivity contribution in [2.24, 2.45) is 0 Å². The highest BCUT2D eigenvalue weighted by Crippen LogP contribution is 2.29. The average Bonchev–Trinajstić information content (AvgIpc) is 2.87. The normalized spacial score (nSPS) is 12.3. The Morgan fingerprint density at radius 1 is 1.40 bits per heavy atom. The first-order valence-corrected chi connectivity index (χ1v) is 6.67. The molecule has 0 aliphatic rings. The molecule has 0 spiro atoms. The molecule has 0 aliphatic heterocycles. The summed E-state index contributed by atoms with van der Waals surface area (Å²) in [5.74, 6) is 0.528. The van der Waals surface area contributed by atoms with Crippen molar-refractivity contribution in [1.29, 1.82) is 0 Å². The van der Waals surface area contributed by atoms with Crippen molar-refractivity contribution in [1.82, 2.24) is 5.32 Å². The van der Waals surface area contributed by atoms with Gasteiger partial charge in [-0.3, -0.25) is 10.1 Å². The van der Waals surface area contributed by atoms with E-state index in [0.717, 1.165) is 16.9 Å². The highest BCUT2D eigenvalue weighted by molar-refractivity contribution is 6.31. The van der Waals surface area contributed by atoms with Gasteiger partial charge in [-0.1, -0.05) is 23.7 Å². The summed E-state index contributed by atoms with van der Waals surface area (Å²) < 4.78 is 5.72. The Labute approximate surface area is 122 Å². The first-order chi connectivity index (χ1) is 9.49. The summed E-state index contributed by atoms with van der Waals surface area (Å²) in [5, 5.41) is 12.4. The van der Waals surface area contributed by atoms with Crippen LogP contribution < -0.4 is 5.32 Å². The minimum Gasteiger partial charge on any atom is -0.480 e. The Hall–Kier alpha value is -1.78. The molecule has 0 bridgehead atoms. The third-order valence-electron chi connectivity index (χ3n) is 3.15. The Morgan fingerprint density at radius 2 is 2.15 bits per heavy atom. The smallest absolute Gasteiger partial charge is 0.320 e. The number of furan rings is 1. The van der Waals surface area contributed by atoms with Gasteiger partial charge in [-0.15, -0.1) is 0 Å². The van der Waals surface area contributed by atoms with E-state index in [4.69, 9.17) is 21.1 Å². The minimum atomic E-state index is -0.887. The van der Waals surface area contributed by atoms with Gasteiger partial charge in [0.2, 0.25) is 0 Å². The number of rotatable bonds is 5. The van der Waals surface area contributed by atoms with Gasteiger partial charge in [0, 0.05) is 10.6 Å². The van der Waals surface area contributed by atoms with Gasteiger partial charge in [0.15, 0.2) is 0 Å². The topological polar surface area (TPSA) is 62.5 Å². The fourth-order valence-electron chi connectivity index (χ4n) is 1.83. The van der Waals surface area contributed by atoms with E-state index in [9.17, 15) is 4.79 Å². The molecule has 106 valence electrons. The van der Waals surface area contributed by atoms with Gasteiger partial charge in [0.1, 0.15) is 17.6 Å². The number of nitrogens with one attached hydrogen (secondary N) is 1. The second-order valence-electron chi connectivity index (χ2n) is 4.62. The molecular formula is C15H16ClNO3. The average molecular weight is 294 g/mol. The maximum absolute atomic E-state index is 10.7. The van der Waals surface area contributed by atoms with Gasteiger partial charge >= 0.3 is 5.97 Å². The van der Waals surface area contributed by atoms with Crippen LogP contribution in [-0.2, 0) is 11.3 Å². The van der Waals surface area contributed by atoms with E-state index in [1.165, 1.54) is 0 Å². The second kappa shape index (κ2) is 6.11. The highest BCUT2D eigenvalue weighted by Gasteiger charge is 2.12. The summed E-state index contributed by atoms with van der Waals surface area (Å²) in [6, 6.07) is 8.73. The SMILES string of the molecule is Cc1c(Cl)cccc1-c1ccc(CNC(C)C(=O)O)o1. The number of halogens is 1. The number of carboxylic acids is 1. The first-order valence-electron chi connectivity index (χ1n) is 6.29. The first kappa shape index (κ1) is 14.6. The van der Waals surface area contributed by atoms with Gasteiger partial charge in [0.05, 0.1) is 6.54 Å². The van der Waals surface area contributed by atoms with E-state index in [-0.39, 0.29) is 0 Å². The van der Waals surface area contributed by atoms with Gasteiger partial charge in [-0.05, 0) is 37.6 Å². The summed E-state index contributed by atoms with van der Waals surface area (Å²) in [7, 11) is 0. The zero-order valence-corrected chi connectivity index (χ0v) is 12.1. The Bertz CT molecular complexity index is 621. The van der Waals surface area contributed by atoms with Gasteiger partial charge in [0.25, 0.3) is 0 Å². The molecule has 2 aromatic rings. The molecule has 0 saturated heterocycles. The van der Waals surface area contributed by atoms with Gasteiger partial charge < -0.3 is 9.52 Å². The number of carboxylic acid groups (broad SMARTS) is 1. The lowest BCUT2D eigenvalue weighted by molar-refractivity contribution is -0.139. The van der Waals surface area contributed by atoms with Crippen LogP contribution in [0.3, 0.4) is 0 Å². The fraction of sp³-hybridized carbons (Fsp3) is 0.267. The second-order valence-corrected chi connectivity index (χ2v) is 5.03. The van der Waals surface area contributed by atoms with Crippen molar-refractivity contribution in [2.45, 2.75) is 26.4 Å². The maximum atomic E-state index is 10.7. The number of carbonyl (C=O) groups is 1. The molecule has 0 amide bonds. The fourth-order valence-corrected chi connectivity index (χ4v) is 2.01.